The van der Waals surface area contributed by atoms with Crippen LogP contribution in [0.4, 0.5) is 0 Å². The number of carbonyl (C=O) groups is 1. The van der Waals surface area contributed by atoms with E-state index in [0.717, 1.165) is 21.9 Å². The average molecular weight is 179 g/mol. The van der Waals surface area contributed by atoms with Crippen LogP contribution in [0.5, 0.6) is 0 Å². The smallest absolute Gasteiger partial charge is 0.194 e. The maximum atomic E-state index is 11.5. The van der Waals surface area contributed by atoms with Crippen molar-refractivity contribution >= 4 is 22.6 Å². The quantitative estimate of drug-likeness (QED) is 0.607. The predicted molar refractivity (Wildman–Crippen MR) is 56.0 cm³/mol. The number of allylic oxidation sites excluding steroid dienone is 1. The number of rotatable bonds is 0. The molecule has 0 N–H and O–H groups in total. The van der Waals surface area contributed by atoms with Crippen molar-refractivity contribution in [3.8, 4) is 0 Å². The van der Waals surface area contributed by atoms with Gasteiger partial charge in [0.2, 0.25) is 0 Å². The van der Waals surface area contributed by atoms with E-state index in [0.29, 0.717) is 0 Å². The number of ketones is 1. The first kappa shape index (κ1) is 7.51. The number of hydrogen-bond donors (Lipinski definition) is 0. The molecule has 0 saturated carbocycles. The first-order chi connectivity index (χ1) is 6.86. The lowest BCUT2D eigenvalue weighted by Gasteiger charge is -2.10. The molecular weight excluding hydrogens is 172 g/mol. The third kappa shape index (κ3) is 0.867. The Morgan fingerprint density at radius 3 is 2.64 bits per heavy atom. The molecule has 0 unspecified atom stereocenters. The second kappa shape index (κ2) is 2.55. The summed E-state index contributed by atoms with van der Waals surface area (Å²) in [5.74, 6) is -0.0192. The average Bonchev–Trinajstić information content (AvgIpc) is 2.24. The Kier molecular flexibility index (Phi) is 1.37. The topological polar surface area (TPSA) is 17.1 Å². The third-order valence-electron chi connectivity index (χ3n) is 2.54. The van der Waals surface area contributed by atoms with Crippen molar-refractivity contribution in [1.29, 1.82) is 0 Å². The van der Waals surface area contributed by atoms with Crippen LogP contribution in [0.2, 0.25) is 0 Å². The molecule has 2 aromatic rings. The Labute approximate surface area is 81.7 Å². The van der Waals surface area contributed by atoms with Crippen molar-refractivity contribution in [3.05, 3.63) is 53.6 Å². The fraction of sp³-hybridized carbons (Fsp3) is 0. The molecule has 0 atom stereocenters. The summed E-state index contributed by atoms with van der Waals surface area (Å²) in [6.07, 6.45) is 4.50. The Morgan fingerprint density at radius 2 is 1.79 bits per heavy atom. The minimum Gasteiger partial charge on any atom is -0.289 e. The summed E-state index contributed by atoms with van der Waals surface area (Å²) in [7, 11) is 0. The molecule has 14 heavy (non-hydrogen) atoms. The molecule has 2 aromatic carbocycles. The predicted octanol–water partition coefficient (Wildman–Crippen LogP) is 2.85. The third-order valence-corrected chi connectivity index (χ3v) is 2.54. The maximum absolute atomic E-state index is 11.5. The fourth-order valence-corrected chi connectivity index (χ4v) is 1.90. The molecular formula is C13H7O. The van der Waals surface area contributed by atoms with Crippen molar-refractivity contribution in [2.75, 3.05) is 0 Å². The molecule has 3 rings (SSSR count). The van der Waals surface area contributed by atoms with Gasteiger partial charge in [-0.25, -0.2) is 0 Å². The van der Waals surface area contributed by atoms with Gasteiger partial charge in [0.25, 0.3) is 0 Å². The van der Waals surface area contributed by atoms with Crippen LogP contribution in [0.3, 0.4) is 0 Å². The Bertz CT molecular complexity index is 559. The zero-order chi connectivity index (χ0) is 9.54. The highest BCUT2D eigenvalue weighted by atomic mass is 16.1. The van der Waals surface area contributed by atoms with Gasteiger partial charge in [-0.1, -0.05) is 36.4 Å². The van der Waals surface area contributed by atoms with Crippen LogP contribution in [0, 0.1) is 6.08 Å². The van der Waals surface area contributed by atoms with Crippen molar-refractivity contribution in [3.63, 3.8) is 0 Å². The highest BCUT2D eigenvalue weighted by Crippen LogP contribution is 2.27. The molecule has 0 heterocycles. The fourth-order valence-electron chi connectivity index (χ4n) is 1.90. The van der Waals surface area contributed by atoms with E-state index >= 15 is 0 Å². The summed E-state index contributed by atoms with van der Waals surface area (Å²) in [6.45, 7) is 0. The van der Waals surface area contributed by atoms with E-state index in [1.165, 1.54) is 0 Å². The molecule has 1 aliphatic carbocycles. The second-order valence-electron chi connectivity index (χ2n) is 3.37. The van der Waals surface area contributed by atoms with Gasteiger partial charge in [-0.15, -0.1) is 0 Å². The molecule has 0 bridgehead atoms. The Balaban J connectivity index is 2.58. The summed E-state index contributed by atoms with van der Waals surface area (Å²) in [4.78, 5) is 11.5. The maximum Gasteiger partial charge on any atom is 0.194 e. The van der Waals surface area contributed by atoms with Crippen LogP contribution in [0.25, 0.3) is 16.8 Å². The standard InChI is InChI=1S/C13H7O/c14-12-8-7-10-4-1-3-9-5-2-6-11(12)13(9)10/h1-7H. The zero-order valence-corrected chi connectivity index (χ0v) is 7.45. The first-order valence-electron chi connectivity index (χ1n) is 4.52. The summed E-state index contributed by atoms with van der Waals surface area (Å²) >= 11 is 0. The zero-order valence-electron chi connectivity index (χ0n) is 7.45. The van der Waals surface area contributed by atoms with E-state index in [4.69, 9.17) is 0 Å². The van der Waals surface area contributed by atoms with Crippen LogP contribution in [0.1, 0.15) is 15.9 Å². The molecule has 0 aliphatic heterocycles. The highest BCUT2D eigenvalue weighted by molar-refractivity contribution is 6.17. The molecule has 65 valence electrons. The monoisotopic (exact) mass is 179 g/mol. The summed E-state index contributed by atoms with van der Waals surface area (Å²) in [5.41, 5.74) is 1.85. The van der Waals surface area contributed by atoms with Crippen molar-refractivity contribution < 1.29 is 4.79 Å². The van der Waals surface area contributed by atoms with Gasteiger partial charge in [0, 0.05) is 17.0 Å². The lowest BCUT2D eigenvalue weighted by atomic mass is 9.92. The van der Waals surface area contributed by atoms with E-state index in [1.54, 1.807) is 6.08 Å². The van der Waals surface area contributed by atoms with E-state index in [9.17, 15) is 4.79 Å². The lowest BCUT2D eigenvalue weighted by Crippen LogP contribution is -2.01. The second-order valence-corrected chi connectivity index (χ2v) is 3.37. The van der Waals surface area contributed by atoms with Gasteiger partial charge >= 0.3 is 0 Å². The van der Waals surface area contributed by atoms with Crippen molar-refractivity contribution in [1.82, 2.24) is 0 Å². The van der Waals surface area contributed by atoms with Gasteiger partial charge in [-0.05, 0) is 17.0 Å². The summed E-state index contributed by atoms with van der Waals surface area (Å²) < 4.78 is 0. The van der Waals surface area contributed by atoms with Crippen LogP contribution in [0.15, 0.2) is 36.4 Å². The van der Waals surface area contributed by atoms with Crippen LogP contribution in [-0.2, 0) is 0 Å². The Hall–Kier alpha value is -1.89. The summed E-state index contributed by atoms with van der Waals surface area (Å²) in [5, 5.41) is 2.17. The van der Waals surface area contributed by atoms with E-state index in [-0.39, 0.29) is 5.78 Å². The van der Waals surface area contributed by atoms with Gasteiger partial charge in [-0.3, -0.25) is 4.79 Å². The number of carbonyl (C=O) groups excluding carboxylic acids is 1. The SMILES string of the molecule is O=C1[C]=Cc2cccc3cccc1c23. The van der Waals surface area contributed by atoms with Crippen LogP contribution < -0.4 is 0 Å². The largest absolute Gasteiger partial charge is 0.289 e. The molecule has 1 nitrogen and oxygen atoms in total. The van der Waals surface area contributed by atoms with Crippen LogP contribution in [-0.4, -0.2) is 5.78 Å². The molecule has 0 saturated heterocycles. The number of benzene rings is 2. The normalized spacial score (nSPS) is 13.6. The molecule has 0 spiro atoms. The van der Waals surface area contributed by atoms with Gasteiger partial charge in [0.15, 0.2) is 5.78 Å². The lowest BCUT2D eigenvalue weighted by molar-refractivity contribution is 0.104. The van der Waals surface area contributed by atoms with Crippen LogP contribution >= 0.6 is 0 Å². The molecule has 0 fully saturated rings. The van der Waals surface area contributed by atoms with Gasteiger partial charge in [0.1, 0.15) is 0 Å². The highest BCUT2D eigenvalue weighted by Gasteiger charge is 2.13. The minimum atomic E-state index is -0.0192. The first-order valence-corrected chi connectivity index (χ1v) is 4.52. The van der Waals surface area contributed by atoms with E-state index in [1.807, 2.05) is 36.4 Å². The number of hydrogen-bond acceptors (Lipinski definition) is 1. The molecule has 0 amide bonds. The van der Waals surface area contributed by atoms with Crippen molar-refractivity contribution in [2.45, 2.75) is 0 Å². The van der Waals surface area contributed by atoms with Gasteiger partial charge < -0.3 is 0 Å². The summed E-state index contributed by atoms with van der Waals surface area (Å²) in [6, 6.07) is 11.8. The molecule has 1 radical (unpaired) electrons. The van der Waals surface area contributed by atoms with Crippen molar-refractivity contribution in [2.24, 2.45) is 0 Å². The number of Topliss-reactive ketones (excluding diaryl/α,β-unsaturated/α-hetero) is 1. The molecule has 0 aromatic heterocycles. The van der Waals surface area contributed by atoms with E-state index in [2.05, 4.69) is 6.08 Å². The van der Waals surface area contributed by atoms with Gasteiger partial charge in [-0.2, -0.15) is 0 Å². The molecule has 1 heteroatoms. The van der Waals surface area contributed by atoms with E-state index < -0.39 is 0 Å². The Morgan fingerprint density at radius 1 is 1.00 bits per heavy atom. The van der Waals surface area contributed by atoms with Gasteiger partial charge in [0.05, 0.1) is 0 Å². The minimum absolute atomic E-state index is 0.0192. The molecule has 1 aliphatic rings.